The van der Waals surface area contributed by atoms with Gasteiger partial charge < -0.3 is 20.7 Å². The summed E-state index contributed by atoms with van der Waals surface area (Å²) < 4.78 is 1.83. The summed E-state index contributed by atoms with van der Waals surface area (Å²) in [5.41, 5.74) is 9.84. The van der Waals surface area contributed by atoms with E-state index in [2.05, 4.69) is 10.3 Å². The molecule has 0 unspecified atom stereocenters. The quantitative estimate of drug-likeness (QED) is 0.0900. The molecule has 38 heavy (non-hydrogen) atoms. The number of hydrogen-bond acceptors (Lipinski definition) is 4. The normalized spacial score (nSPS) is 12.2. The standard InChI is InChI=1S/C30H34N4O2S.HI/c1-29(2,3)22-17-20(18-23(26(22)35)30(4,5)6)33-28(36)24-9-7-15-34(24)21-13-11-19(12-14-21)32-27(31)25-10-8-16-37-25;/h7-18,35H,1-6H3,(H2,31,32)(H,33,36);1H. The Kier molecular flexibility index (Phi) is 8.78. The molecule has 0 spiro atoms. The molecule has 0 bridgehead atoms. The summed E-state index contributed by atoms with van der Waals surface area (Å²) in [7, 11) is 0. The van der Waals surface area contributed by atoms with Crippen LogP contribution < -0.4 is 11.1 Å². The number of hydrogen-bond donors (Lipinski definition) is 3. The Balaban J connectivity index is 0.00000400. The van der Waals surface area contributed by atoms with Gasteiger partial charge in [-0.15, -0.1) is 35.3 Å². The molecule has 0 fully saturated rings. The van der Waals surface area contributed by atoms with E-state index in [0.717, 1.165) is 27.4 Å². The molecule has 8 heteroatoms. The largest absolute Gasteiger partial charge is 0.507 e. The molecule has 2 aromatic carbocycles. The van der Waals surface area contributed by atoms with Crippen molar-refractivity contribution in [3.8, 4) is 11.4 Å². The lowest BCUT2D eigenvalue weighted by Crippen LogP contribution is -2.20. The maximum atomic E-state index is 13.4. The van der Waals surface area contributed by atoms with E-state index in [4.69, 9.17) is 5.73 Å². The number of nitrogens with zero attached hydrogens (tertiary/aromatic N) is 2. The second-order valence-corrected chi connectivity index (χ2v) is 12.1. The third kappa shape index (κ3) is 6.47. The number of rotatable bonds is 5. The Morgan fingerprint density at radius 2 is 1.55 bits per heavy atom. The van der Waals surface area contributed by atoms with E-state index < -0.39 is 0 Å². The average Bonchev–Trinajstić information content (AvgIpc) is 3.52. The minimum Gasteiger partial charge on any atom is -0.507 e. The molecule has 2 heterocycles. The van der Waals surface area contributed by atoms with Crippen molar-refractivity contribution in [1.82, 2.24) is 4.57 Å². The number of carbonyl (C=O) groups excluding carboxylic acids is 1. The molecular weight excluding hydrogens is 607 g/mol. The first-order valence-corrected chi connectivity index (χ1v) is 13.1. The number of phenolic OH excluding ortho intramolecular Hbond substituents is 1. The van der Waals surface area contributed by atoms with Crippen LogP contribution in [0.1, 0.15) is 68.0 Å². The van der Waals surface area contributed by atoms with Crippen molar-refractivity contribution < 1.29 is 9.90 Å². The zero-order chi connectivity index (χ0) is 27.0. The number of benzene rings is 2. The number of carbonyl (C=O) groups is 1. The first-order valence-electron chi connectivity index (χ1n) is 12.2. The number of aromatic hydroxyl groups is 1. The highest BCUT2D eigenvalue weighted by Gasteiger charge is 2.27. The first kappa shape index (κ1) is 29.4. The third-order valence-corrected chi connectivity index (χ3v) is 7.01. The van der Waals surface area contributed by atoms with Gasteiger partial charge in [-0.25, -0.2) is 4.99 Å². The SMILES string of the molecule is CC(C)(C)c1cc(NC(=O)c2cccn2-c2ccc(N=C(N)c3cccs3)cc2)cc(C(C)(C)C)c1O.I. The van der Waals surface area contributed by atoms with Crippen LogP contribution in [-0.2, 0) is 10.8 Å². The highest BCUT2D eigenvalue weighted by atomic mass is 127. The molecule has 0 atom stereocenters. The molecule has 0 saturated heterocycles. The fourth-order valence-electron chi connectivity index (χ4n) is 4.14. The fourth-order valence-corrected chi connectivity index (χ4v) is 4.77. The Hall–Kier alpha value is -3.11. The van der Waals surface area contributed by atoms with Gasteiger partial charge in [-0.2, -0.15) is 0 Å². The van der Waals surface area contributed by atoms with Gasteiger partial charge in [-0.3, -0.25) is 4.79 Å². The molecule has 6 nitrogen and oxygen atoms in total. The molecule has 4 rings (SSSR count). The number of anilines is 1. The van der Waals surface area contributed by atoms with Crippen LogP contribution in [0.3, 0.4) is 0 Å². The van der Waals surface area contributed by atoms with Gasteiger partial charge in [0.05, 0.1) is 10.6 Å². The van der Waals surface area contributed by atoms with Gasteiger partial charge in [0.25, 0.3) is 5.91 Å². The number of halogens is 1. The van der Waals surface area contributed by atoms with Crippen LogP contribution in [0.2, 0.25) is 0 Å². The summed E-state index contributed by atoms with van der Waals surface area (Å²) in [6.07, 6.45) is 1.85. The second kappa shape index (κ2) is 11.3. The smallest absolute Gasteiger partial charge is 0.272 e. The predicted molar refractivity (Wildman–Crippen MR) is 169 cm³/mol. The maximum absolute atomic E-state index is 13.4. The molecule has 0 aliphatic carbocycles. The molecule has 2 aromatic heterocycles. The van der Waals surface area contributed by atoms with E-state index in [-0.39, 0.29) is 46.5 Å². The van der Waals surface area contributed by atoms with Crippen molar-refractivity contribution in [3.05, 3.63) is 93.9 Å². The lowest BCUT2D eigenvalue weighted by atomic mass is 9.79. The Bertz CT molecular complexity index is 1410. The second-order valence-electron chi connectivity index (χ2n) is 11.1. The van der Waals surface area contributed by atoms with Crippen LogP contribution in [0, 0.1) is 0 Å². The molecule has 0 aliphatic heterocycles. The number of nitrogens with two attached hydrogens (primary N) is 1. The minimum atomic E-state index is -0.290. The lowest BCUT2D eigenvalue weighted by Gasteiger charge is -2.28. The average molecular weight is 643 g/mol. The Labute approximate surface area is 245 Å². The van der Waals surface area contributed by atoms with Crippen LogP contribution >= 0.6 is 35.3 Å². The molecule has 4 aromatic rings. The number of amidine groups is 1. The summed E-state index contributed by atoms with van der Waals surface area (Å²) in [4.78, 5) is 18.8. The maximum Gasteiger partial charge on any atom is 0.272 e. The van der Waals surface area contributed by atoms with Gasteiger partial charge in [-0.05, 0) is 70.8 Å². The molecule has 0 radical (unpaired) electrons. The van der Waals surface area contributed by atoms with Crippen LogP contribution in [0.15, 0.2) is 77.2 Å². The van der Waals surface area contributed by atoms with E-state index in [1.165, 1.54) is 0 Å². The number of aliphatic imine (C=N–C) groups is 1. The van der Waals surface area contributed by atoms with Gasteiger partial charge in [-0.1, -0.05) is 47.6 Å². The van der Waals surface area contributed by atoms with E-state index in [9.17, 15) is 9.90 Å². The highest BCUT2D eigenvalue weighted by molar-refractivity contribution is 14.0. The van der Waals surface area contributed by atoms with Gasteiger partial charge in [0.15, 0.2) is 0 Å². The molecule has 0 saturated carbocycles. The number of phenols is 1. The zero-order valence-corrected chi connectivity index (χ0v) is 25.7. The lowest BCUT2D eigenvalue weighted by molar-refractivity contribution is 0.102. The van der Waals surface area contributed by atoms with Gasteiger partial charge in [0.2, 0.25) is 0 Å². The van der Waals surface area contributed by atoms with E-state index in [1.54, 1.807) is 17.4 Å². The fraction of sp³-hybridized carbons (Fsp3) is 0.267. The van der Waals surface area contributed by atoms with Crippen LogP contribution in [-0.4, -0.2) is 21.4 Å². The number of aromatic nitrogens is 1. The molecule has 1 amide bonds. The van der Waals surface area contributed by atoms with E-state index >= 15 is 0 Å². The summed E-state index contributed by atoms with van der Waals surface area (Å²) >= 11 is 1.54. The minimum absolute atomic E-state index is 0. The van der Waals surface area contributed by atoms with Gasteiger partial charge in [0.1, 0.15) is 17.3 Å². The topological polar surface area (TPSA) is 92.6 Å². The van der Waals surface area contributed by atoms with E-state index in [1.807, 2.05) is 112 Å². The molecule has 4 N–H and O–H groups in total. The van der Waals surface area contributed by atoms with Crippen LogP contribution in [0.25, 0.3) is 5.69 Å². The molecule has 0 aliphatic rings. The molecule has 200 valence electrons. The van der Waals surface area contributed by atoms with Crippen LogP contribution in [0.4, 0.5) is 11.4 Å². The van der Waals surface area contributed by atoms with Crippen molar-refractivity contribution in [3.63, 3.8) is 0 Å². The summed E-state index contributed by atoms with van der Waals surface area (Å²) in [5, 5.41) is 16.0. The Morgan fingerprint density at radius 3 is 2.08 bits per heavy atom. The Morgan fingerprint density at radius 1 is 0.947 bits per heavy atom. The number of amides is 1. The van der Waals surface area contributed by atoms with Crippen molar-refractivity contribution in [1.29, 1.82) is 0 Å². The van der Waals surface area contributed by atoms with Crippen molar-refractivity contribution >= 4 is 58.4 Å². The third-order valence-electron chi connectivity index (χ3n) is 6.12. The van der Waals surface area contributed by atoms with Crippen LogP contribution in [0.5, 0.6) is 5.75 Å². The van der Waals surface area contributed by atoms with E-state index in [0.29, 0.717) is 17.2 Å². The predicted octanol–water partition coefficient (Wildman–Crippen LogP) is 7.75. The summed E-state index contributed by atoms with van der Waals surface area (Å²) in [6, 6.07) is 18.8. The van der Waals surface area contributed by atoms with Crippen molar-refractivity contribution in [2.45, 2.75) is 52.4 Å². The highest BCUT2D eigenvalue weighted by Crippen LogP contribution is 2.41. The number of thiophene rings is 1. The summed E-state index contributed by atoms with van der Waals surface area (Å²) in [5.74, 6) is 0.519. The number of nitrogens with one attached hydrogen (secondary N) is 1. The van der Waals surface area contributed by atoms with Gasteiger partial charge in [0, 0.05) is 28.7 Å². The monoisotopic (exact) mass is 642 g/mol. The first-order chi connectivity index (χ1) is 17.3. The zero-order valence-electron chi connectivity index (χ0n) is 22.6. The van der Waals surface area contributed by atoms with Crippen molar-refractivity contribution in [2.75, 3.05) is 5.32 Å². The molecular formula is C30H35IN4O2S. The van der Waals surface area contributed by atoms with Crippen molar-refractivity contribution in [2.24, 2.45) is 10.7 Å². The summed E-state index contributed by atoms with van der Waals surface area (Å²) in [6.45, 7) is 12.3. The van der Waals surface area contributed by atoms with Gasteiger partial charge >= 0.3 is 0 Å².